The average Bonchev–Trinajstić information content (AvgIpc) is 3.60. The zero-order valence-electron chi connectivity index (χ0n) is 21.2. The quantitative estimate of drug-likeness (QED) is 0.239. The molecule has 0 aliphatic rings. The van der Waals surface area contributed by atoms with Gasteiger partial charge in [-0.2, -0.15) is 5.10 Å². The van der Waals surface area contributed by atoms with Crippen LogP contribution in [-0.2, 0) is 17.8 Å². The third-order valence-electron chi connectivity index (χ3n) is 6.21. The van der Waals surface area contributed by atoms with Crippen molar-refractivity contribution in [2.45, 2.75) is 20.0 Å². The van der Waals surface area contributed by atoms with Gasteiger partial charge in [0.05, 0.1) is 33.5 Å². The van der Waals surface area contributed by atoms with E-state index in [0.717, 1.165) is 38.5 Å². The topological polar surface area (TPSA) is 81.9 Å². The van der Waals surface area contributed by atoms with Crippen LogP contribution in [0.5, 0.6) is 5.75 Å². The van der Waals surface area contributed by atoms with Gasteiger partial charge in [0.15, 0.2) is 5.82 Å². The van der Waals surface area contributed by atoms with Gasteiger partial charge < -0.3 is 10.1 Å². The van der Waals surface area contributed by atoms with Gasteiger partial charge in [0.1, 0.15) is 12.4 Å². The third-order valence-corrected chi connectivity index (χ3v) is 7.00. The van der Waals surface area contributed by atoms with Crippen molar-refractivity contribution >= 4 is 33.1 Å². The molecule has 3 aromatic carbocycles. The number of carbonyl (C=O) groups excluding carboxylic acids is 1. The second-order valence-corrected chi connectivity index (χ2v) is 10.0. The molecule has 0 saturated heterocycles. The molecule has 39 heavy (non-hydrogen) atoms. The van der Waals surface area contributed by atoms with Crippen LogP contribution in [0.2, 0.25) is 0 Å². The normalized spacial score (nSPS) is 11.0. The molecule has 6 aromatic rings. The van der Waals surface area contributed by atoms with Gasteiger partial charge in [0.25, 0.3) is 0 Å². The van der Waals surface area contributed by atoms with Gasteiger partial charge in [-0.15, -0.1) is 11.3 Å². The predicted octanol–water partition coefficient (Wildman–Crippen LogP) is 6.61. The number of fused-ring (bicyclic) bond motifs is 1. The number of benzene rings is 3. The fraction of sp³-hybridized carbons (Fsp3) is 0.0968. The van der Waals surface area contributed by atoms with Gasteiger partial charge in [-0.1, -0.05) is 42.5 Å². The molecule has 1 N–H and O–H groups in total. The van der Waals surface area contributed by atoms with Crippen molar-refractivity contribution in [3.8, 4) is 22.8 Å². The Morgan fingerprint density at radius 3 is 2.62 bits per heavy atom. The van der Waals surface area contributed by atoms with Crippen LogP contribution in [0.15, 0.2) is 103 Å². The van der Waals surface area contributed by atoms with Gasteiger partial charge in [0, 0.05) is 16.9 Å². The van der Waals surface area contributed by atoms with Gasteiger partial charge >= 0.3 is 0 Å². The summed E-state index contributed by atoms with van der Waals surface area (Å²) in [6, 6.07) is 31.3. The molecule has 0 saturated carbocycles. The van der Waals surface area contributed by atoms with Gasteiger partial charge in [-0.3, -0.25) is 4.79 Å². The Morgan fingerprint density at radius 1 is 0.949 bits per heavy atom. The lowest BCUT2D eigenvalue weighted by atomic mass is 10.1. The average molecular weight is 532 g/mol. The summed E-state index contributed by atoms with van der Waals surface area (Å²) in [5.74, 6) is 1.29. The first-order valence-corrected chi connectivity index (χ1v) is 13.4. The third kappa shape index (κ3) is 5.71. The van der Waals surface area contributed by atoms with Crippen molar-refractivity contribution in [1.29, 1.82) is 0 Å². The highest BCUT2D eigenvalue weighted by Gasteiger charge is 2.16. The molecule has 6 rings (SSSR count). The van der Waals surface area contributed by atoms with Crippen molar-refractivity contribution in [2.24, 2.45) is 0 Å². The first kappa shape index (κ1) is 24.5. The van der Waals surface area contributed by atoms with Crippen LogP contribution in [0.4, 0.5) is 5.69 Å². The summed E-state index contributed by atoms with van der Waals surface area (Å²) in [7, 11) is 0. The first-order chi connectivity index (χ1) is 19.1. The van der Waals surface area contributed by atoms with E-state index in [1.807, 2.05) is 103 Å². The standard InChI is InChI=1S/C31H25N5O2S/c1-21-6-5-9-30(33-21)36-28(23-10-15-27-29(16-23)39-20-32-27)17-25(35-36)18-31(37)34-24-11-13-26(14-12-24)38-19-22-7-3-2-4-8-22/h2-17,20H,18-19H2,1H3,(H,34,37). The van der Waals surface area contributed by atoms with E-state index in [-0.39, 0.29) is 12.3 Å². The lowest BCUT2D eigenvalue weighted by molar-refractivity contribution is -0.115. The number of hydrogen-bond donors (Lipinski definition) is 1. The molecule has 0 aliphatic carbocycles. The summed E-state index contributed by atoms with van der Waals surface area (Å²) >= 11 is 1.59. The van der Waals surface area contributed by atoms with E-state index in [4.69, 9.17) is 9.84 Å². The van der Waals surface area contributed by atoms with E-state index < -0.39 is 0 Å². The van der Waals surface area contributed by atoms with Crippen molar-refractivity contribution < 1.29 is 9.53 Å². The molecule has 0 spiro atoms. The molecular formula is C31H25N5O2S. The number of pyridine rings is 1. The molecule has 1 amide bonds. The van der Waals surface area contributed by atoms with E-state index in [2.05, 4.69) is 21.4 Å². The van der Waals surface area contributed by atoms with Gasteiger partial charge in [-0.05, 0) is 67.1 Å². The molecular weight excluding hydrogens is 506 g/mol. The first-order valence-electron chi connectivity index (χ1n) is 12.5. The Labute approximate surface area is 229 Å². The predicted molar refractivity (Wildman–Crippen MR) is 154 cm³/mol. The molecule has 3 heterocycles. The largest absolute Gasteiger partial charge is 0.489 e. The minimum absolute atomic E-state index is 0.126. The SMILES string of the molecule is Cc1cccc(-n2nc(CC(=O)Nc3ccc(OCc4ccccc4)cc3)cc2-c2ccc3ncsc3c2)n1. The number of amides is 1. The lowest BCUT2D eigenvalue weighted by Crippen LogP contribution is -2.15. The summed E-state index contributed by atoms with van der Waals surface area (Å²) in [6.07, 6.45) is 0.126. The second-order valence-electron chi connectivity index (χ2n) is 9.13. The highest BCUT2D eigenvalue weighted by atomic mass is 32.1. The molecule has 192 valence electrons. The summed E-state index contributed by atoms with van der Waals surface area (Å²) in [4.78, 5) is 22.0. The number of anilines is 1. The Bertz CT molecular complexity index is 1740. The monoisotopic (exact) mass is 531 g/mol. The van der Waals surface area contributed by atoms with Crippen LogP contribution in [0.3, 0.4) is 0 Å². The number of ether oxygens (including phenoxy) is 1. The fourth-order valence-corrected chi connectivity index (χ4v) is 5.02. The van der Waals surface area contributed by atoms with Crippen molar-refractivity contribution in [3.05, 3.63) is 120 Å². The Morgan fingerprint density at radius 2 is 1.79 bits per heavy atom. The van der Waals surface area contributed by atoms with E-state index in [1.54, 1.807) is 16.0 Å². The van der Waals surface area contributed by atoms with E-state index in [9.17, 15) is 4.79 Å². The van der Waals surface area contributed by atoms with Crippen LogP contribution in [0, 0.1) is 6.92 Å². The number of carbonyl (C=O) groups is 1. The molecule has 0 radical (unpaired) electrons. The Hall–Kier alpha value is -4.82. The number of aryl methyl sites for hydroxylation is 1. The highest BCUT2D eigenvalue weighted by molar-refractivity contribution is 7.16. The number of hydrogen-bond acceptors (Lipinski definition) is 6. The molecule has 0 unspecified atom stereocenters. The van der Waals surface area contributed by atoms with E-state index in [0.29, 0.717) is 23.8 Å². The fourth-order valence-electron chi connectivity index (χ4n) is 4.30. The summed E-state index contributed by atoms with van der Waals surface area (Å²) < 4.78 is 8.74. The second kappa shape index (κ2) is 10.9. The van der Waals surface area contributed by atoms with Crippen molar-refractivity contribution in [1.82, 2.24) is 19.7 Å². The number of aromatic nitrogens is 4. The summed E-state index contributed by atoms with van der Waals surface area (Å²) in [5, 5.41) is 7.74. The van der Waals surface area contributed by atoms with Crippen LogP contribution >= 0.6 is 11.3 Å². The molecule has 0 bridgehead atoms. The summed E-state index contributed by atoms with van der Waals surface area (Å²) in [5.41, 5.74) is 7.99. The minimum Gasteiger partial charge on any atom is -0.489 e. The van der Waals surface area contributed by atoms with Gasteiger partial charge in [0.2, 0.25) is 5.91 Å². The number of thiazole rings is 1. The molecule has 0 fully saturated rings. The maximum atomic E-state index is 13.0. The molecule has 7 nitrogen and oxygen atoms in total. The Kier molecular flexibility index (Phi) is 6.84. The van der Waals surface area contributed by atoms with Crippen molar-refractivity contribution in [3.63, 3.8) is 0 Å². The maximum absolute atomic E-state index is 13.0. The van der Waals surface area contributed by atoms with Crippen LogP contribution in [-0.4, -0.2) is 25.7 Å². The van der Waals surface area contributed by atoms with Crippen LogP contribution in [0.25, 0.3) is 27.3 Å². The molecule has 3 aromatic heterocycles. The van der Waals surface area contributed by atoms with Gasteiger partial charge in [-0.25, -0.2) is 14.6 Å². The number of rotatable bonds is 8. The zero-order valence-corrected chi connectivity index (χ0v) is 22.1. The zero-order chi connectivity index (χ0) is 26.6. The van der Waals surface area contributed by atoms with Crippen LogP contribution in [0.1, 0.15) is 17.0 Å². The van der Waals surface area contributed by atoms with Crippen LogP contribution < -0.4 is 10.1 Å². The Balaban J connectivity index is 1.19. The smallest absolute Gasteiger partial charge is 0.230 e. The maximum Gasteiger partial charge on any atom is 0.230 e. The lowest BCUT2D eigenvalue weighted by Gasteiger charge is -2.08. The molecule has 0 aliphatic heterocycles. The van der Waals surface area contributed by atoms with Crippen molar-refractivity contribution in [2.75, 3.05) is 5.32 Å². The van der Waals surface area contributed by atoms with E-state index >= 15 is 0 Å². The summed E-state index contributed by atoms with van der Waals surface area (Å²) in [6.45, 7) is 2.44. The highest BCUT2D eigenvalue weighted by Crippen LogP contribution is 2.29. The molecule has 8 heteroatoms. The minimum atomic E-state index is -0.153. The number of nitrogens with zero attached hydrogens (tertiary/aromatic N) is 4. The molecule has 0 atom stereocenters. The van der Waals surface area contributed by atoms with E-state index in [1.165, 1.54) is 0 Å². The number of nitrogens with one attached hydrogen (secondary N) is 1.